The van der Waals surface area contributed by atoms with E-state index in [0.29, 0.717) is 6.42 Å². The Morgan fingerprint density at radius 1 is 1.38 bits per heavy atom. The summed E-state index contributed by atoms with van der Waals surface area (Å²) in [6, 6.07) is 0. The molecule has 0 aromatic rings. The predicted octanol–water partition coefficient (Wildman–Crippen LogP) is 0.644. The minimum atomic E-state index is -0.684. The van der Waals surface area contributed by atoms with Gasteiger partial charge in [0.25, 0.3) is 0 Å². The number of esters is 2. The number of carbonyl (C=O) groups excluding carboxylic acids is 2. The van der Waals surface area contributed by atoms with E-state index in [0.717, 1.165) is 0 Å². The Balaban J connectivity index is 2.30. The van der Waals surface area contributed by atoms with Crippen molar-refractivity contribution in [3.63, 3.8) is 0 Å². The molecule has 0 aromatic carbocycles. The molecule has 0 aromatic heterocycles. The Bertz CT molecular complexity index is 273. The van der Waals surface area contributed by atoms with Gasteiger partial charge in [-0.3, -0.25) is 9.59 Å². The first-order valence-electron chi connectivity index (χ1n) is 4.45. The van der Waals surface area contributed by atoms with Gasteiger partial charge < -0.3 is 9.47 Å². The third-order valence-corrected chi connectivity index (χ3v) is 2.94. The molecule has 3 unspecified atom stereocenters. The van der Waals surface area contributed by atoms with Crippen LogP contribution in [0, 0.1) is 5.41 Å². The zero-order valence-corrected chi connectivity index (χ0v) is 7.70. The number of ether oxygens (including phenoxy) is 2. The molecule has 3 atom stereocenters. The molecule has 4 nitrogen and oxygen atoms in total. The van der Waals surface area contributed by atoms with Crippen LogP contribution in [0.3, 0.4) is 0 Å². The van der Waals surface area contributed by atoms with Gasteiger partial charge in [0.15, 0.2) is 0 Å². The van der Waals surface area contributed by atoms with E-state index in [1.807, 2.05) is 13.8 Å². The minimum absolute atomic E-state index is 0.0356. The highest BCUT2D eigenvalue weighted by Gasteiger charge is 2.57. The molecule has 0 amide bonds. The van der Waals surface area contributed by atoms with Crippen molar-refractivity contribution < 1.29 is 19.1 Å². The summed E-state index contributed by atoms with van der Waals surface area (Å²) in [5.74, 6) is -0.830. The molecule has 0 saturated carbocycles. The molecule has 0 N–H and O–H groups in total. The van der Waals surface area contributed by atoms with Crippen molar-refractivity contribution in [3.05, 3.63) is 0 Å². The number of rotatable bonds is 0. The van der Waals surface area contributed by atoms with Gasteiger partial charge in [-0.15, -0.1) is 0 Å². The summed E-state index contributed by atoms with van der Waals surface area (Å²) >= 11 is 0. The Kier molecular flexibility index (Phi) is 1.70. The van der Waals surface area contributed by atoms with Gasteiger partial charge in [0.05, 0.1) is 18.6 Å². The molecule has 2 fully saturated rings. The maximum absolute atomic E-state index is 11.4. The van der Waals surface area contributed by atoms with Crippen molar-refractivity contribution in [1.82, 2.24) is 0 Å². The van der Waals surface area contributed by atoms with Gasteiger partial charge in [-0.05, 0) is 20.3 Å². The van der Waals surface area contributed by atoms with E-state index in [4.69, 9.17) is 4.74 Å². The Morgan fingerprint density at radius 3 is 2.46 bits per heavy atom. The van der Waals surface area contributed by atoms with Crippen molar-refractivity contribution in [1.29, 1.82) is 0 Å². The Hall–Kier alpha value is -0.900. The van der Waals surface area contributed by atoms with E-state index < -0.39 is 17.4 Å². The van der Waals surface area contributed by atoms with Gasteiger partial charge in [0.2, 0.25) is 0 Å². The lowest BCUT2D eigenvalue weighted by Crippen LogP contribution is -2.33. The van der Waals surface area contributed by atoms with Crippen LogP contribution < -0.4 is 0 Å². The van der Waals surface area contributed by atoms with Crippen LogP contribution in [0.15, 0.2) is 0 Å². The Morgan fingerprint density at radius 2 is 2.08 bits per heavy atom. The van der Waals surface area contributed by atoms with E-state index in [1.165, 1.54) is 0 Å². The van der Waals surface area contributed by atoms with Gasteiger partial charge >= 0.3 is 11.9 Å². The lowest BCUT2D eigenvalue weighted by atomic mass is 9.79. The lowest BCUT2D eigenvalue weighted by molar-refractivity contribution is -0.156. The summed E-state index contributed by atoms with van der Waals surface area (Å²) < 4.78 is 10.0. The highest BCUT2D eigenvalue weighted by atomic mass is 16.6. The zero-order valence-electron chi connectivity index (χ0n) is 7.70. The molecule has 2 rings (SSSR count). The maximum atomic E-state index is 11.4. The summed E-state index contributed by atoms with van der Waals surface area (Å²) in [4.78, 5) is 22.4. The smallest absolute Gasteiger partial charge is 0.323 e. The molecule has 2 aliphatic rings. The zero-order chi connectivity index (χ0) is 9.64. The first-order chi connectivity index (χ1) is 6.04. The van der Waals surface area contributed by atoms with Crippen LogP contribution in [0.2, 0.25) is 0 Å². The maximum Gasteiger partial charge on any atom is 0.323 e. The summed E-state index contributed by atoms with van der Waals surface area (Å²) in [6.07, 6.45) is 0.602. The average molecular weight is 184 g/mol. The van der Waals surface area contributed by atoms with E-state index >= 15 is 0 Å². The molecule has 13 heavy (non-hydrogen) atoms. The number of cyclic esters (lactones) is 2. The van der Waals surface area contributed by atoms with Crippen molar-refractivity contribution in [2.75, 3.05) is 0 Å². The monoisotopic (exact) mass is 184 g/mol. The molecule has 72 valence electrons. The van der Waals surface area contributed by atoms with Crippen LogP contribution in [0.1, 0.15) is 26.7 Å². The van der Waals surface area contributed by atoms with E-state index in [9.17, 15) is 9.59 Å². The van der Waals surface area contributed by atoms with Gasteiger partial charge in [0.1, 0.15) is 5.41 Å². The molecule has 4 heteroatoms. The first kappa shape index (κ1) is 8.69. The lowest BCUT2D eigenvalue weighted by Gasteiger charge is -2.19. The normalized spacial score (nSPS) is 44.5. The standard InChI is InChI=1S/C9H12O4/c1-5-3-9(6(2)12-5)4-7(10)13-8(9)11/h5-6H,3-4H2,1-2H3. The summed E-state index contributed by atoms with van der Waals surface area (Å²) in [5, 5.41) is 0. The van der Waals surface area contributed by atoms with Gasteiger partial charge in [-0.25, -0.2) is 0 Å². The number of hydrogen-bond acceptors (Lipinski definition) is 4. The van der Waals surface area contributed by atoms with Crippen molar-refractivity contribution >= 4 is 11.9 Å². The van der Waals surface area contributed by atoms with Crippen LogP contribution in [-0.4, -0.2) is 24.1 Å². The predicted molar refractivity (Wildman–Crippen MR) is 42.8 cm³/mol. The quantitative estimate of drug-likeness (QED) is 0.409. The van der Waals surface area contributed by atoms with Gasteiger partial charge in [-0.2, -0.15) is 0 Å². The minimum Gasteiger partial charge on any atom is -0.393 e. The summed E-state index contributed by atoms with van der Waals surface area (Å²) in [7, 11) is 0. The fraction of sp³-hybridized carbons (Fsp3) is 0.778. The second-order valence-electron chi connectivity index (χ2n) is 3.89. The SMILES string of the molecule is CC1CC2(CC(=O)OC2=O)C(C)O1. The topological polar surface area (TPSA) is 52.6 Å². The highest BCUT2D eigenvalue weighted by Crippen LogP contribution is 2.45. The van der Waals surface area contributed by atoms with Crippen molar-refractivity contribution in [2.45, 2.75) is 38.9 Å². The molecule has 0 aliphatic carbocycles. The number of carbonyl (C=O) groups is 2. The molecule has 2 saturated heterocycles. The second-order valence-corrected chi connectivity index (χ2v) is 3.89. The highest BCUT2D eigenvalue weighted by molar-refractivity contribution is 5.98. The third kappa shape index (κ3) is 1.09. The second kappa shape index (κ2) is 2.54. The average Bonchev–Trinajstić information content (AvgIpc) is 2.40. The molecular weight excluding hydrogens is 172 g/mol. The molecule has 1 spiro atoms. The van der Waals surface area contributed by atoms with Crippen molar-refractivity contribution in [3.8, 4) is 0 Å². The summed E-state index contributed by atoms with van der Waals surface area (Å²) in [6.45, 7) is 3.73. The van der Waals surface area contributed by atoms with Crippen LogP contribution in [0.4, 0.5) is 0 Å². The molecule has 2 aliphatic heterocycles. The van der Waals surface area contributed by atoms with Gasteiger partial charge in [0, 0.05) is 0 Å². The molecule has 0 radical (unpaired) electrons. The first-order valence-corrected chi connectivity index (χ1v) is 4.45. The Labute approximate surface area is 76.2 Å². The molecule has 0 bridgehead atoms. The summed E-state index contributed by atoms with van der Waals surface area (Å²) in [5.41, 5.74) is -0.684. The molecule has 2 heterocycles. The van der Waals surface area contributed by atoms with Gasteiger partial charge in [-0.1, -0.05) is 0 Å². The van der Waals surface area contributed by atoms with Crippen LogP contribution in [0.5, 0.6) is 0 Å². The fourth-order valence-electron chi connectivity index (χ4n) is 2.24. The van der Waals surface area contributed by atoms with E-state index in [1.54, 1.807) is 0 Å². The van der Waals surface area contributed by atoms with Crippen LogP contribution >= 0.6 is 0 Å². The van der Waals surface area contributed by atoms with E-state index in [-0.39, 0.29) is 18.6 Å². The molecular formula is C9H12O4. The van der Waals surface area contributed by atoms with E-state index in [2.05, 4.69) is 4.74 Å². The largest absolute Gasteiger partial charge is 0.393 e. The fourth-order valence-corrected chi connectivity index (χ4v) is 2.24. The number of hydrogen-bond donors (Lipinski definition) is 0. The van der Waals surface area contributed by atoms with Crippen LogP contribution in [-0.2, 0) is 19.1 Å². The van der Waals surface area contributed by atoms with Crippen molar-refractivity contribution in [2.24, 2.45) is 5.41 Å². The van der Waals surface area contributed by atoms with Crippen LogP contribution in [0.25, 0.3) is 0 Å². The third-order valence-electron chi connectivity index (χ3n) is 2.94.